The van der Waals surface area contributed by atoms with Crippen molar-refractivity contribution in [2.24, 2.45) is 5.73 Å². The van der Waals surface area contributed by atoms with Gasteiger partial charge in [0.2, 0.25) is 0 Å². The number of hydrogen-bond donors (Lipinski definition) is 1. The zero-order chi connectivity index (χ0) is 13.1. The van der Waals surface area contributed by atoms with E-state index >= 15 is 0 Å². The zero-order valence-electron chi connectivity index (χ0n) is 10.6. The summed E-state index contributed by atoms with van der Waals surface area (Å²) in [7, 11) is 0. The van der Waals surface area contributed by atoms with Crippen molar-refractivity contribution in [2.75, 3.05) is 0 Å². The minimum atomic E-state index is -0.245. The van der Waals surface area contributed by atoms with E-state index in [1.807, 2.05) is 29.8 Å². The number of aromatic nitrogens is 3. The van der Waals surface area contributed by atoms with E-state index < -0.39 is 0 Å². The molecule has 1 aromatic heterocycles. The third-order valence-corrected chi connectivity index (χ3v) is 3.46. The fraction of sp³-hybridized carbons (Fsp3) is 0.385. The largest absolute Gasteiger partial charge is 0.319 e. The highest BCUT2D eigenvalue weighted by molar-refractivity contribution is 6.31. The minimum absolute atomic E-state index is 0.245. The molecular formula is C13H17ClN4. The van der Waals surface area contributed by atoms with Gasteiger partial charge in [-0.1, -0.05) is 35.9 Å². The number of aryl methyl sites for hydroxylation is 1. The molecule has 0 aliphatic carbocycles. The van der Waals surface area contributed by atoms with Crippen molar-refractivity contribution in [3.05, 3.63) is 46.2 Å². The van der Waals surface area contributed by atoms with Crippen molar-refractivity contribution in [3.8, 4) is 0 Å². The average molecular weight is 265 g/mol. The first-order valence-electron chi connectivity index (χ1n) is 6.04. The van der Waals surface area contributed by atoms with Crippen LogP contribution in [0, 0.1) is 6.92 Å². The Bertz CT molecular complexity index is 536. The predicted molar refractivity (Wildman–Crippen MR) is 72.5 cm³/mol. The first-order chi connectivity index (χ1) is 8.65. The van der Waals surface area contributed by atoms with Gasteiger partial charge in [-0.15, -0.1) is 5.10 Å². The van der Waals surface area contributed by atoms with E-state index in [4.69, 9.17) is 17.3 Å². The molecular weight excluding hydrogens is 248 g/mol. The molecule has 0 radical (unpaired) electrons. The molecule has 0 spiro atoms. The second-order valence-corrected chi connectivity index (χ2v) is 4.72. The van der Waals surface area contributed by atoms with Crippen molar-refractivity contribution in [1.82, 2.24) is 15.0 Å². The Hall–Kier alpha value is -1.39. The Labute approximate surface area is 112 Å². The Morgan fingerprint density at radius 1 is 1.44 bits per heavy atom. The Morgan fingerprint density at radius 2 is 2.22 bits per heavy atom. The third-order valence-electron chi connectivity index (χ3n) is 3.05. The number of nitrogens with zero attached hydrogens (tertiary/aromatic N) is 3. The van der Waals surface area contributed by atoms with Crippen LogP contribution in [0.3, 0.4) is 0 Å². The SMILES string of the molecule is CCCn1nncc1C(N)c1cccc(Cl)c1C. The molecule has 5 heteroatoms. The molecule has 2 rings (SSSR count). The van der Waals surface area contributed by atoms with E-state index in [0.717, 1.165) is 34.8 Å². The van der Waals surface area contributed by atoms with Gasteiger partial charge in [0.25, 0.3) is 0 Å². The van der Waals surface area contributed by atoms with Gasteiger partial charge in [0, 0.05) is 11.6 Å². The van der Waals surface area contributed by atoms with Gasteiger partial charge in [-0.25, -0.2) is 4.68 Å². The summed E-state index contributed by atoms with van der Waals surface area (Å²) in [6.45, 7) is 4.90. The summed E-state index contributed by atoms with van der Waals surface area (Å²) in [5.74, 6) is 0. The summed E-state index contributed by atoms with van der Waals surface area (Å²) in [5, 5.41) is 8.73. The standard InChI is InChI=1S/C13H17ClN4/c1-3-7-18-12(8-16-17-18)13(15)10-5-4-6-11(14)9(10)2/h4-6,8,13H,3,7,15H2,1-2H3. The lowest BCUT2D eigenvalue weighted by Crippen LogP contribution is -2.18. The summed E-state index contributed by atoms with van der Waals surface area (Å²) in [5.41, 5.74) is 9.25. The summed E-state index contributed by atoms with van der Waals surface area (Å²) < 4.78 is 1.85. The quantitative estimate of drug-likeness (QED) is 0.924. The van der Waals surface area contributed by atoms with E-state index in [1.54, 1.807) is 6.20 Å². The molecule has 1 aromatic carbocycles. The molecule has 0 aliphatic rings. The van der Waals surface area contributed by atoms with Crippen molar-refractivity contribution in [1.29, 1.82) is 0 Å². The maximum absolute atomic E-state index is 6.30. The highest BCUT2D eigenvalue weighted by atomic mass is 35.5. The van der Waals surface area contributed by atoms with Crippen molar-refractivity contribution in [3.63, 3.8) is 0 Å². The van der Waals surface area contributed by atoms with E-state index in [9.17, 15) is 0 Å². The van der Waals surface area contributed by atoms with Gasteiger partial charge in [-0.2, -0.15) is 0 Å². The summed E-state index contributed by atoms with van der Waals surface area (Å²) in [6, 6.07) is 5.53. The molecule has 18 heavy (non-hydrogen) atoms. The second kappa shape index (κ2) is 5.50. The van der Waals surface area contributed by atoms with Crippen LogP contribution in [0.1, 0.15) is 36.2 Å². The number of benzene rings is 1. The molecule has 2 N–H and O–H groups in total. The topological polar surface area (TPSA) is 56.7 Å². The second-order valence-electron chi connectivity index (χ2n) is 4.31. The lowest BCUT2D eigenvalue weighted by molar-refractivity contribution is 0.543. The van der Waals surface area contributed by atoms with Gasteiger partial charge >= 0.3 is 0 Å². The van der Waals surface area contributed by atoms with Crippen LogP contribution in [0.5, 0.6) is 0 Å². The molecule has 4 nitrogen and oxygen atoms in total. The Kier molecular flexibility index (Phi) is 3.99. The molecule has 0 amide bonds. The van der Waals surface area contributed by atoms with Gasteiger partial charge < -0.3 is 5.73 Å². The van der Waals surface area contributed by atoms with Crippen molar-refractivity contribution in [2.45, 2.75) is 32.9 Å². The zero-order valence-corrected chi connectivity index (χ0v) is 11.4. The Balaban J connectivity index is 2.38. The van der Waals surface area contributed by atoms with Crippen LogP contribution in [0.25, 0.3) is 0 Å². The maximum atomic E-state index is 6.30. The van der Waals surface area contributed by atoms with Gasteiger partial charge in [0.15, 0.2) is 0 Å². The monoisotopic (exact) mass is 264 g/mol. The summed E-state index contributed by atoms with van der Waals surface area (Å²) in [6.07, 6.45) is 2.72. The molecule has 1 atom stereocenters. The minimum Gasteiger partial charge on any atom is -0.319 e. The lowest BCUT2D eigenvalue weighted by Gasteiger charge is -2.16. The first-order valence-corrected chi connectivity index (χ1v) is 6.42. The molecule has 0 aliphatic heterocycles. The first kappa shape index (κ1) is 13.1. The fourth-order valence-electron chi connectivity index (χ4n) is 2.01. The number of halogens is 1. The molecule has 0 saturated heterocycles. The van der Waals surface area contributed by atoms with Gasteiger partial charge in [0.05, 0.1) is 17.9 Å². The smallest absolute Gasteiger partial charge is 0.0799 e. The van der Waals surface area contributed by atoms with E-state index in [0.29, 0.717) is 0 Å². The van der Waals surface area contributed by atoms with Crippen LogP contribution in [-0.2, 0) is 6.54 Å². The molecule has 0 fully saturated rings. The van der Waals surface area contributed by atoms with Crippen molar-refractivity contribution >= 4 is 11.6 Å². The molecule has 2 aromatic rings. The highest BCUT2D eigenvalue weighted by Gasteiger charge is 2.17. The normalized spacial score (nSPS) is 12.7. The highest BCUT2D eigenvalue weighted by Crippen LogP contribution is 2.26. The third kappa shape index (κ3) is 2.40. The average Bonchev–Trinajstić information content (AvgIpc) is 2.80. The van der Waals surface area contributed by atoms with Gasteiger partial charge in [-0.3, -0.25) is 0 Å². The van der Waals surface area contributed by atoms with Crippen LogP contribution in [-0.4, -0.2) is 15.0 Å². The molecule has 96 valence electrons. The fourth-order valence-corrected chi connectivity index (χ4v) is 2.19. The molecule has 1 unspecified atom stereocenters. The number of rotatable bonds is 4. The number of nitrogens with two attached hydrogens (primary N) is 1. The van der Waals surface area contributed by atoms with Gasteiger partial charge in [-0.05, 0) is 30.5 Å². The Morgan fingerprint density at radius 3 is 2.94 bits per heavy atom. The van der Waals surface area contributed by atoms with E-state index in [1.165, 1.54) is 0 Å². The van der Waals surface area contributed by atoms with Crippen LogP contribution in [0.15, 0.2) is 24.4 Å². The summed E-state index contributed by atoms with van der Waals surface area (Å²) >= 11 is 6.13. The molecule has 1 heterocycles. The van der Waals surface area contributed by atoms with Crippen molar-refractivity contribution < 1.29 is 0 Å². The van der Waals surface area contributed by atoms with E-state index in [-0.39, 0.29) is 6.04 Å². The van der Waals surface area contributed by atoms with Crippen LogP contribution >= 0.6 is 11.6 Å². The van der Waals surface area contributed by atoms with Crippen LogP contribution in [0.2, 0.25) is 5.02 Å². The van der Waals surface area contributed by atoms with Gasteiger partial charge in [0.1, 0.15) is 0 Å². The van der Waals surface area contributed by atoms with Crippen LogP contribution < -0.4 is 5.73 Å². The summed E-state index contributed by atoms with van der Waals surface area (Å²) in [4.78, 5) is 0. The number of hydrogen-bond acceptors (Lipinski definition) is 3. The van der Waals surface area contributed by atoms with Crippen LogP contribution in [0.4, 0.5) is 0 Å². The predicted octanol–water partition coefficient (Wildman–Crippen LogP) is 2.70. The maximum Gasteiger partial charge on any atom is 0.0799 e. The molecule has 0 bridgehead atoms. The van der Waals surface area contributed by atoms with E-state index in [2.05, 4.69) is 17.2 Å². The lowest BCUT2D eigenvalue weighted by atomic mass is 10.00. The molecule has 0 saturated carbocycles.